The molecule has 25 heavy (non-hydrogen) atoms. The van der Waals surface area contributed by atoms with Gasteiger partial charge in [-0.1, -0.05) is 23.1 Å². The molecule has 0 aliphatic heterocycles. The second kappa shape index (κ2) is 7.77. The number of aromatic amines is 1. The Balaban J connectivity index is 1.67. The summed E-state index contributed by atoms with van der Waals surface area (Å²) in [6.45, 7) is -0.310. The van der Waals surface area contributed by atoms with Gasteiger partial charge in [0.15, 0.2) is 14.9 Å². The van der Waals surface area contributed by atoms with Crippen molar-refractivity contribution in [2.75, 3.05) is 12.9 Å². The van der Waals surface area contributed by atoms with E-state index in [1.165, 1.54) is 23.1 Å². The highest BCUT2D eigenvalue weighted by atomic mass is 32.2. The lowest BCUT2D eigenvalue weighted by molar-refractivity contribution is 0.0473. The maximum atomic E-state index is 12.1. The smallest absolute Gasteiger partial charge is 0.338 e. The molecule has 2 aromatic heterocycles. The number of hydrogen-bond acceptors (Lipinski definition) is 7. The molecule has 1 N–H and O–H groups in total. The molecule has 0 spiro atoms. The number of H-pyrrole nitrogens is 1. The lowest BCUT2D eigenvalue weighted by atomic mass is 10.2. The van der Waals surface area contributed by atoms with Crippen molar-refractivity contribution >= 4 is 47.1 Å². The normalized spacial score (nSPS) is 10.6. The molecule has 0 saturated carbocycles. The fraction of sp³-hybridized carbons (Fsp3) is 0.125. The number of nitrogens with zero attached hydrogens (tertiary/aromatic N) is 2. The van der Waals surface area contributed by atoms with Crippen LogP contribution in [0.25, 0.3) is 5.69 Å². The quantitative estimate of drug-likeness (QED) is 0.298. The van der Waals surface area contributed by atoms with Crippen LogP contribution in [0.3, 0.4) is 0 Å². The van der Waals surface area contributed by atoms with Gasteiger partial charge in [0.2, 0.25) is 5.78 Å². The monoisotopic (exact) mass is 391 g/mol. The number of benzene rings is 1. The summed E-state index contributed by atoms with van der Waals surface area (Å²) in [5.41, 5.74) is 1.53. The van der Waals surface area contributed by atoms with Gasteiger partial charge in [-0.15, -0.1) is 5.10 Å². The minimum atomic E-state index is -0.557. The number of esters is 1. The van der Waals surface area contributed by atoms with Gasteiger partial charge in [-0.2, -0.15) is 0 Å². The molecule has 0 amide bonds. The molecule has 0 aliphatic carbocycles. The Kier molecular flexibility index (Phi) is 5.47. The van der Waals surface area contributed by atoms with E-state index >= 15 is 0 Å². The number of ether oxygens (including phenoxy) is 1. The number of ketones is 1. The highest BCUT2D eigenvalue weighted by Crippen LogP contribution is 2.22. The second-order valence-electron chi connectivity index (χ2n) is 4.88. The highest BCUT2D eigenvalue weighted by Gasteiger charge is 2.13. The number of thioether (sulfide) groups is 1. The minimum absolute atomic E-state index is 0.284. The third-order valence-corrected chi connectivity index (χ3v) is 5.49. The Bertz CT molecular complexity index is 943. The average Bonchev–Trinajstić information content (AvgIpc) is 3.29. The molecule has 3 aromatic rings. The van der Waals surface area contributed by atoms with E-state index in [0.29, 0.717) is 15.2 Å². The molecule has 0 bridgehead atoms. The van der Waals surface area contributed by atoms with Gasteiger partial charge < -0.3 is 9.72 Å². The molecule has 0 fully saturated rings. The van der Waals surface area contributed by atoms with Crippen molar-refractivity contribution in [3.8, 4) is 5.69 Å². The van der Waals surface area contributed by atoms with Crippen LogP contribution in [0, 0.1) is 3.95 Å². The summed E-state index contributed by atoms with van der Waals surface area (Å²) >= 11 is 8.24. The van der Waals surface area contributed by atoms with Crippen molar-refractivity contribution in [2.45, 2.75) is 4.34 Å². The van der Waals surface area contributed by atoms with Crippen molar-refractivity contribution in [1.29, 1.82) is 0 Å². The second-order valence-corrected chi connectivity index (χ2v) is 7.56. The van der Waals surface area contributed by atoms with Crippen LogP contribution in [0.1, 0.15) is 20.8 Å². The number of rotatable bonds is 6. The summed E-state index contributed by atoms with van der Waals surface area (Å²) < 4.78 is 8.21. The van der Waals surface area contributed by atoms with Crippen LogP contribution in [0.4, 0.5) is 0 Å². The number of Topliss-reactive ketones (excluding diaryl/α,β-unsaturated/α-hetero) is 1. The molecule has 1 aromatic carbocycles. The first-order valence-corrected chi connectivity index (χ1v) is 9.62. The molecule has 0 aliphatic rings. The highest BCUT2D eigenvalue weighted by molar-refractivity contribution is 8.00. The largest absolute Gasteiger partial charge is 0.454 e. The fourth-order valence-electron chi connectivity index (χ4n) is 2.04. The SMILES string of the molecule is CSc1nn(-c2ccc(C(=O)OCC(=O)c3ccc[nH]3)cc2)c(=S)s1. The Morgan fingerprint density at radius 2 is 2.08 bits per heavy atom. The predicted octanol–water partition coefficient (Wildman–Crippen LogP) is 3.75. The van der Waals surface area contributed by atoms with Gasteiger partial charge in [0, 0.05) is 6.20 Å². The molecule has 6 nitrogen and oxygen atoms in total. The molecule has 0 saturated heterocycles. The van der Waals surface area contributed by atoms with Crippen molar-refractivity contribution in [2.24, 2.45) is 0 Å². The molecule has 3 rings (SSSR count). The van der Waals surface area contributed by atoms with E-state index < -0.39 is 5.97 Å². The van der Waals surface area contributed by atoms with E-state index in [-0.39, 0.29) is 12.4 Å². The van der Waals surface area contributed by atoms with Gasteiger partial charge in [0.1, 0.15) is 0 Å². The first-order chi connectivity index (χ1) is 12.1. The van der Waals surface area contributed by atoms with E-state index in [9.17, 15) is 9.59 Å². The molecule has 0 unspecified atom stereocenters. The summed E-state index contributed by atoms with van der Waals surface area (Å²) in [5.74, 6) is -0.841. The van der Waals surface area contributed by atoms with Crippen molar-refractivity contribution < 1.29 is 14.3 Å². The van der Waals surface area contributed by atoms with Crippen LogP contribution in [-0.4, -0.2) is 39.4 Å². The van der Waals surface area contributed by atoms with E-state index in [0.717, 1.165) is 10.0 Å². The Morgan fingerprint density at radius 1 is 1.32 bits per heavy atom. The molecule has 0 radical (unpaired) electrons. The summed E-state index contributed by atoms with van der Waals surface area (Å²) in [5, 5.41) is 4.39. The Hall–Kier alpha value is -2.23. The Labute approximate surface area is 156 Å². The van der Waals surface area contributed by atoms with E-state index in [4.69, 9.17) is 17.0 Å². The topological polar surface area (TPSA) is 77.0 Å². The maximum Gasteiger partial charge on any atom is 0.338 e. The van der Waals surface area contributed by atoms with Crippen LogP contribution in [-0.2, 0) is 4.74 Å². The van der Waals surface area contributed by atoms with Gasteiger partial charge in [-0.05, 0) is 54.9 Å². The summed E-state index contributed by atoms with van der Waals surface area (Å²) in [6.07, 6.45) is 3.57. The van der Waals surface area contributed by atoms with Crippen molar-refractivity contribution in [3.05, 3.63) is 57.8 Å². The third kappa shape index (κ3) is 4.06. The van der Waals surface area contributed by atoms with Crippen LogP contribution in [0.5, 0.6) is 0 Å². The minimum Gasteiger partial charge on any atom is -0.454 e. The molecule has 0 atom stereocenters. The average molecular weight is 391 g/mol. The van der Waals surface area contributed by atoms with Gasteiger partial charge in [0.25, 0.3) is 0 Å². The zero-order valence-electron chi connectivity index (χ0n) is 13.1. The number of hydrogen-bond donors (Lipinski definition) is 1. The molecular formula is C16H13N3O3S3. The van der Waals surface area contributed by atoms with Crippen molar-refractivity contribution in [1.82, 2.24) is 14.8 Å². The van der Waals surface area contributed by atoms with Crippen molar-refractivity contribution in [3.63, 3.8) is 0 Å². The van der Waals surface area contributed by atoms with E-state index in [1.54, 1.807) is 47.3 Å². The van der Waals surface area contributed by atoms with E-state index in [2.05, 4.69) is 10.1 Å². The standard InChI is InChI=1S/C16H13N3O3S3/c1-24-15-18-19(16(23)25-15)11-6-4-10(5-7-11)14(21)22-9-13(20)12-3-2-8-17-12/h2-8,17H,9H2,1H3. The summed E-state index contributed by atoms with van der Waals surface area (Å²) in [4.78, 5) is 26.6. The lowest BCUT2D eigenvalue weighted by Crippen LogP contribution is -2.14. The summed E-state index contributed by atoms with van der Waals surface area (Å²) in [6, 6.07) is 10.1. The van der Waals surface area contributed by atoms with Crippen LogP contribution >= 0.6 is 35.3 Å². The summed E-state index contributed by atoms with van der Waals surface area (Å²) in [7, 11) is 0. The van der Waals surface area contributed by atoms with Crippen LogP contribution < -0.4 is 0 Å². The number of aromatic nitrogens is 3. The zero-order chi connectivity index (χ0) is 17.8. The van der Waals surface area contributed by atoms with Gasteiger partial charge in [-0.3, -0.25) is 4.79 Å². The number of carbonyl (C=O) groups is 2. The maximum absolute atomic E-state index is 12.1. The van der Waals surface area contributed by atoms with E-state index in [1.807, 2.05) is 6.26 Å². The zero-order valence-corrected chi connectivity index (χ0v) is 15.5. The Morgan fingerprint density at radius 3 is 2.68 bits per heavy atom. The lowest BCUT2D eigenvalue weighted by Gasteiger charge is -2.05. The fourth-order valence-corrected chi connectivity index (χ4v) is 3.82. The predicted molar refractivity (Wildman–Crippen MR) is 99.5 cm³/mol. The number of carbonyl (C=O) groups excluding carboxylic acids is 2. The molecular weight excluding hydrogens is 378 g/mol. The van der Waals surface area contributed by atoms with Crippen LogP contribution in [0.2, 0.25) is 0 Å². The first kappa shape index (κ1) is 17.6. The number of nitrogens with one attached hydrogen (secondary N) is 1. The molecule has 9 heteroatoms. The first-order valence-electron chi connectivity index (χ1n) is 7.17. The van der Waals surface area contributed by atoms with Gasteiger partial charge in [-0.25, -0.2) is 9.48 Å². The van der Waals surface area contributed by atoms with Gasteiger partial charge in [0.05, 0.1) is 16.9 Å². The van der Waals surface area contributed by atoms with Gasteiger partial charge >= 0.3 is 5.97 Å². The third-order valence-electron chi connectivity index (χ3n) is 3.28. The van der Waals surface area contributed by atoms with Crippen LogP contribution in [0.15, 0.2) is 46.9 Å². The molecule has 2 heterocycles. The molecule has 128 valence electrons.